The fraction of sp³-hybridized carbons (Fsp3) is 0.278. The number of amides is 1. The van der Waals surface area contributed by atoms with Gasteiger partial charge in [-0.3, -0.25) is 9.69 Å². The van der Waals surface area contributed by atoms with Crippen LogP contribution in [-0.4, -0.2) is 56.3 Å². The highest BCUT2D eigenvalue weighted by Gasteiger charge is 2.29. The van der Waals surface area contributed by atoms with Crippen LogP contribution in [0.1, 0.15) is 0 Å². The lowest BCUT2D eigenvalue weighted by molar-refractivity contribution is -0.117. The van der Waals surface area contributed by atoms with Gasteiger partial charge >= 0.3 is 0 Å². The van der Waals surface area contributed by atoms with E-state index in [4.69, 9.17) is 11.6 Å². The molecule has 1 amide bonds. The SMILES string of the molecule is O=C(CN1CCN(S(=O)(=O)c2cccc(Cl)c2)CC1)Nc1ccccc1F. The van der Waals surface area contributed by atoms with Crippen molar-refractivity contribution in [3.8, 4) is 0 Å². The molecule has 0 bridgehead atoms. The minimum atomic E-state index is -3.62. The summed E-state index contributed by atoms with van der Waals surface area (Å²) in [6.07, 6.45) is 0. The Bertz CT molecular complexity index is 931. The number of rotatable bonds is 5. The van der Waals surface area contributed by atoms with Crippen molar-refractivity contribution in [2.45, 2.75) is 4.90 Å². The molecule has 0 aromatic heterocycles. The number of para-hydroxylation sites is 1. The predicted octanol–water partition coefficient (Wildman–Crippen LogP) is 2.42. The molecule has 0 spiro atoms. The molecule has 1 heterocycles. The molecule has 1 aliphatic rings. The first-order chi connectivity index (χ1) is 12.9. The molecule has 0 atom stereocenters. The van der Waals surface area contributed by atoms with Gasteiger partial charge in [-0.25, -0.2) is 12.8 Å². The van der Waals surface area contributed by atoms with E-state index in [1.807, 2.05) is 4.90 Å². The van der Waals surface area contributed by atoms with Crippen molar-refractivity contribution in [3.05, 3.63) is 59.4 Å². The number of hydrogen-bond donors (Lipinski definition) is 1. The molecular formula is C18H19ClFN3O3S. The zero-order valence-corrected chi connectivity index (χ0v) is 16.0. The highest BCUT2D eigenvalue weighted by atomic mass is 35.5. The summed E-state index contributed by atoms with van der Waals surface area (Å²) in [5.41, 5.74) is 0.129. The van der Waals surface area contributed by atoms with Crippen molar-refractivity contribution in [2.75, 3.05) is 38.0 Å². The Balaban J connectivity index is 1.56. The summed E-state index contributed by atoms with van der Waals surface area (Å²) in [6, 6.07) is 12.1. The van der Waals surface area contributed by atoms with E-state index >= 15 is 0 Å². The van der Waals surface area contributed by atoms with Crippen molar-refractivity contribution >= 4 is 33.2 Å². The molecular weight excluding hydrogens is 393 g/mol. The molecule has 1 fully saturated rings. The number of carbonyl (C=O) groups is 1. The molecule has 0 unspecified atom stereocenters. The van der Waals surface area contributed by atoms with Crippen LogP contribution in [0.25, 0.3) is 0 Å². The third kappa shape index (κ3) is 4.84. The first kappa shape index (κ1) is 19.8. The number of carbonyl (C=O) groups excluding carboxylic acids is 1. The van der Waals surface area contributed by atoms with Crippen molar-refractivity contribution in [1.29, 1.82) is 0 Å². The molecule has 1 saturated heterocycles. The number of piperazine rings is 1. The number of benzene rings is 2. The summed E-state index contributed by atoms with van der Waals surface area (Å²) in [7, 11) is -3.62. The quantitative estimate of drug-likeness (QED) is 0.820. The Kier molecular flexibility index (Phi) is 6.11. The van der Waals surface area contributed by atoms with E-state index in [1.54, 1.807) is 24.3 Å². The van der Waals surface area contributed by atoms with Crippen LogP contribution in [0.15, 0.2) is 53.4 Å². The van der Waals surface area contributed by atoms with Gasteiger partial charge in [-0.2, -0.15) is 4.31 Å². The Morgan fingerprint density at radius 2 is 1.78 bits per heavy atom. The van der Waals surface area contributed by atoms with Gasteiger partial charge in [0.25, 0.3) is 0 Å². The van der Waals surface area contributed by atoms with Crippen LogP contribution in [0, 0.1) is 5.82 Å². The lowest BCUT2D eigenvalue weighted by Crippen LogP contribution is -2.50. The van der Waals surface area contributed by atoms with Gasteiger partial charge in [-0.05, 0) is 30.3 Å². The molecule has 1 N–H and O–H groups in total. The van der Waals surface area contributed by atoms with Gasteiger partial charge < -0.3 is 5.32 Å². The monoisotopic (exact) mass is 411 g/mol. The van der Waals surface area contributed by atoms with E-state index in [-0.39, 0.29) is 36.1 Å². The van der Waals surface area contributed by atoms with Crippen LogP contribution in [0.3, 0.4) is 0 Å². The zero-order valence-electron chi connectivity index (χ0n) is 14.4. The second-order valence-corrected chi connectivity index (χ2v) is 8.54. The van der Waals surface area contributed by atoms with E-state index in [1.165, 1.54) is 28.6 Å². The number of nitrogens with one attached hydrogen (secondary N) is 1. The van der Waals surface area contributed by atoms with E-state index < -0.39 is 15.8 Å². The summed E-state index contributed by atoms with van der Waals surface area (Å²) >= 11 is 5.89. The van der Waals surface area contributed by atoms with Gasteiger partial charge in [0.1, 0.15) is 5.82 Å². The maximum Gasteiger partial charge on any atom is 0.243 e. The summed E-state index contributed by atoms with van der Waals surface area (Å²) in [5.74, 6) is -0.838. The van der Waals surface area contributed by atoms with Gasteiger partial charge in [0.05, 0.1) is 17.1 Å². The standard InChI is InChI=1S/C18H19ClFN3O3S/c19-14-4-3-5-15(12-14)27(25,26)23-10-8-22(9-11-23)13-18(24)21-17-7-2-1-6-16(17)20/h1-7,12H,8-11,13H2,(H,21,24). The molecule has 9 heteroatoms. The minimum absolute atomic E-state index is 0.0688. The van der Waals surface area contributed by atoms with Crippen molar-refractivity contribution in [2.24, 2.45) is 0 Å². The van der Waals surface area contributed by atoms with Crippen LogP contribution in [0.5, 0.6) is 0 Å². The topological polar surface area (TPSA) is 69.7 Å². The molecule has 6 nitrogen and oxygen atoms in total. The molecule has 1 aliphatic heterocycles. The molecule has 3 rings (SSSR count). The minimum Gasteiger partial charge on any atom is -0.322 e. The fourth-order valence-corrected chi connectivity index (χ4v) is 4.58. The Labute approximate surface area is 162 Å². The molecule has 0 saturated carbocycles. The smallest absolute Gasteiger partial charge is 0.243 e. The third-order valence-electron chi connectivity index (χ3n) is 4.28. The van der Waals surface area contributed by atoms with E-state index in [0.717, 1.165) is 0 Å². The number of nitrogens with zero attached hydrogens (tertiary/aromatic N) is 2. The van der Waals surface area contributed by atoms with E-state index in [9.17, 15) is 17.6 Å². The third-order valence-corrected chi connectivity index (χ3v) is 6.41. The Morgan fingerprint density at radius 3 is 2.44 bits per heavy atom. The largest absolute Gasteiger partial charge is 0.322 e. The lowest BCUT2D eigenvalue weighted by Gasteiger charge is -2.33. The van der Waals surface area contributed by atoms with Crippen molar-refractivity contribution in [1.82, 2.24) is 9.21 Å². The second kappa shape index (κ2) is 8.35. The predicted molar refractivity (Wildman–Crippen MR) is 102 cm³/mol. The van der Waals surface area contributed by atoms with E-state index in [0.29, 0.717) is 18.1 Å². The molecule has 144 valence electrons. The highest BCUT2D eigenvalue weighted by molar-refractivity contribution is 7.89. The Morgan fingerprint density at radius 1 is 1.07 bits per heavy atom. The molecule has 27 heavy (non-hydrogen) atoms. The number of halogens is 2. The molecule has 0 aliphatic carbocycles. The first-order valence-electron chi connectivity index (χ1n) is 8.39. The van der Waals surface area contributed by atoms with Crippen LogP contribution in [-0.2, 0) is 14.8 Å². The summed E-state index contributed by atoms with van der Waals surface area (Å²) in [4.78, 5) is 14.1. The average molecular weight is 412 g/mol. The number of sulfonamides is 1. The highest BCUT2D eigenvalue weighted by Crippen LogP contribution is 2.21. The van der Waals surface area contributed by atoms with Crippen LogP contribution < -0.4 is 5.32 Å². The summed E-state index contributed by atoms with van der Waals surface area (Å²) in [6.45, 7) is 1.41. The van der Waals surface area contributed by atoms with Gasteiger partial charge in [0.15, 0.2) is 0 Å². The molecule has 0 radical (unpaired) electrons. The van der Waals surface area contributed by atoms with Gasteiger partial charge in [-0.1, -0.05) is 29.8 Å². The number of anilines is 1. The fourth-order valence-electron chi connectivity index (χ4n) is 2.86. The van der Waals surface area contributed by atoms with Crippen molar-refractivity contribution < 1.29 is 17.6 Å². The summed E-state index contributed by atoms with van der Waals surface area (Å²) in [5, 5.41) is 2.89. The number of hydrogen-bond acceptors (Lipinski definition) is 4. The second-order valence-electron chi connectivity index (χ2n) is 6.17. The van der Waals surface area contributed by atoms with Crippen molar-refractivity contribution in [3.63, 3.8) is 0 Å². The average Bonchev–Trinajstić information content (AvgIpc) is 2.64. The normalized spacial score (nSPS) is 16.2. The maximum atomic E-state index is 13.6. The summed E-state index contributed by atoms with van der Waals surface area (Å²) < 4.78 is 40.3. The molecule has 2 aromatic rings. The van der Waals surface area contributed by atoms with Gasteiger partial charge in [0.2, 0.25) is 15.9 Å². The van der Waals surface area contributed by atoms with Crippen LogP contribution in [0.2, 0.25) is 5.02 Å². The Hall–Kier alpha value is -2.00. The van der Waals surface area contributed by atoms with Gasteiger partial charge in [-0.15, -0.1) is 0 Å². The van der Waals surface area contributed by atoms with E-state index in [2.05, 4.69) is 5.32 Å². The van der Waals surface area contributed by atoms with Crippen LogP contribution >= 0.6 is 11.6 Å². The first-order valence-corrected chi connectivity index (χ1v) is 10.2. The van der Waals surface area contributed by atoms with Gasteiger partial charge in [0, 0.05) is 31.2 Å². The maximum absolute atomic E-state index is 13.6. The zero-order chi connectivity index (χ0) is 19.4. The van der Waals surface area contributed by atoms with Crippen LogP contribution in [0.4, 0.5) is 10.1 Å². The molecule has 2 aromatic carbocycles. The lowest BCUT2D eigenvalue weighted by atomic mass is 10.3.